The maximum Gasteiger partial charge on any atom is 0.127 e. The quantitative estimate of drug-likeness (QED) is 0.209. The van der Waals surface area contributed by atoms with E-state index in [1.54, 1.807) is 0 Å². The van der Waals surface area contributed by atoms with Gasteiger partial charge in [0, 0.05) is 5.56 Å². The van der Waals surface area contributed by atoms with Crippen molar-refractivity contribution in [2.24, 2.45) is 0 Å². The van der Waals surface area contributed by atoms with Gasteiger partial charge in [0.1, 0.15) is 30.8 Å². The topological polar surface area (TPSA) is 51.2 Å². The number of epoxide rings is 1. The van der Waals surface area contributed by atoms with Gasteiger partial charge in [0.15, 0.2) is 0 Å². The molecule has 40 heavy (non-hydrogen) atoms. The summed E-state index contributed by atoms with van der Waals surface area (Å²) >= 11 is 0. The van der Waals surface area contributed by atoms with Crippen molar-refractivity contribution in [2.45, 2.75) is 11.5 Å². The Balaban J connectivity index is 1.47. The van der Waals surface area contributed by atoms with Gasteiger partial charge in [-0.25, -0.2) is 0 Å². The van der Waals surface area contributed by atoms with E-state index in [0.717, 1.165) is 34.8 Å². The normalized spacial score (nSPS) is 16.2. The maximum atomic E-state index is 9.24. The summed E-state index contributed by atoms with van der Waals surface area (Å²) in [5, 5.41) is 9.24. The summed E-state index contributed by atoms with van der Waals surface area (Å²) < 4.78 is 17.4. The van der Waals surface area contributed by atoms with Gasteiger partial charge < -0.3 is 19.3 Å². The van der Waals surface area contributed by atoms with E-state index in [0.29, 0.717) is 6.61 Å². The number of aliphatic hydroxyl groups is 1. The Bertz CT molecular complexity index is 1590. The fourth-order valence-corrected chi connectivity index (χ4v) is 6.07. The molecular formula is C36H30O4. The zero-order valence-electron chi connectivity index (χ0n) is 22.1. The predicted octanol–water partition coefficient (Wildman–Crippen LogP) is 6.87. The van der Waals surface area contributed by atoms with Gasteiger partial charge in [-0.2, -0.15) is 0 Å². The fraction of sp³-hybridized carbons (Fsp3) is 0.167. The lowest BCUT2D eigenvalue weighted by molar-refractivity contribution is 0.201. The van der Waals surface area contributed by atoms with E-state index in [4.69, 9.17) is 14.2 Å². The molecule has 1 aliphatic carbocycles. The molecule has 1 N–H and O–H groups in total. The highest BCUT2D eigenvalue weighted by Crippen LogP contribution is 2.56. The summed E-state index contributed by atoms with van der Waals surface area (Å²) in [4.78, 5) is 0. The molecule has 4 heteroatoms. The number of ether oxygens (including phenoxy) is 3. The van der Waals surface area contributed by atoms with Crippen molar-refractivity contribution in [2.75, 3.05) is 26.4 Å². The molecule has 198 valence electrons. The number of hydrogen-bond acceptors (Lipinski definition) is 4. The molecule has 1 atom stereocenters. The molecule has 1 unspecified atom stereocenters. The molecule has 0 bridgehead atoms. The number of benzene rings is 5. The van der Waals surface area contributed by atoms with Crippen LogP contribution >= 0.6 is 0 Å². The van der Waals surface area contributed by atoms with Gasteiger partial charge in [-0.05, 0) is 63.2 Å². The summed E-state index contributed by atoms with van der Waals surface area (Å²) in [6.07, 6.45) is 0.176. The van der Waals surface area contributed by atoms with Crippen LogP contribution in [0.25, 0.3) is 22.3 Å². The summed E-state index contributed by atoms with van der Waals surface area (Å²) in [6, 6.07) is 42.8. The molecule has 1 aliphatic heterocycles. The molecular weight excluding hydrogens is 496 g/mol. The molecule has 1 saturated heterocycles. The van der Waals surface area contributed by atoms with Crippen LogP contribution < -0.4 is 9.47 Å². The average Bonchev–Trinajstić information content (AvgIpc) is 3.81. The monoisotopic (exact) mass is 526 g/mol. The van der Waals surface area contributed by atoms with Crippen LogP contribution in [0, 0.1) is 0 Å². The molecule has 0 radical (unpaired) electrons. The lowest BCUT2D eigenvalue weighted by atomic mass is 9.67. The minimum atomic E-state index is -0.537. The first kappa shape index (κ1) is 24.6. The molecule has 0 aromatic heterocycles. The van der Waals surface area contributed by atoms with Gasteiger partial charge in [0.2, 0.25) is 0 Å². The lowest BCUT2D eigenvalue weighted by Gasteiger charge is -2.34. The second kappa shape index (κ2) is 10.3. The highest BCUT2D eigenvalue weighted by atomic mass is 16.6. The van der Waals surface area contributed by atoms with Crippen molar-refractivity contribution in [1.29, 1.82) is 0 Å². The van der Waals surface area contributed by atoms with Gasteiger partial charge in [-0.15, -0.1) is 0 Å². The van der Waals surface area contributed by atoms with Gasteiger partial charge in [0.05, 0.1) is 18.6 Å². The predicted molar refractivity (Wildman–Crippen MR) is 157 cm³/mol. The van der Waals surface area contributed by atoms with Crippen LogP contribution in [-0.2, 0) is 10.2 Å². The second-order valence-corrected chi connectivity index (χ2v) is 10.3. The van der Waals surface area contributed by atoms with Crippen LogP contribution in [0.3, 0.4) is 0 Å². The maximum absolute atomic E-state index is 9.24. The van der Waals surface area contributed by atoms with E-state index in [9.17, 15) is 5.11 Å². The molecule has 5 aromatic rings. The highest BCUT2D eigenvalue weighted by Gasteiger charge is 2.46. The van der Waals surface area contributed by atoms with Crippen LogP contribution in [0.5, 0.6) is 11.5 Å². The van der Waals surface area contributed by atoms with Gasteiger partial charge in [0.25, 0.3) is 0 Å². The fourth-order valence-electron chi connectivity index (χ4n) is 6.07. The SMILES string of the molecule is OCCOc1ccc(C2(c3ccc(OCC4CO4)c(-c4ccccc4)c3)c3ccccc3-c3ccccc32)cc1. The Morgan fingerprint density at radius 3 is 1.95 bits per heavy atom. The molecule has 0 saturated carbocycles. The minimum Gasteiger partial charge on any atom is -0.491 e. The Morgan fingerprint density at radius 2 is 1.30 bits per heavy atom. The summed E-state index contributed by atoms with van der Waals surface area (Å²) in [5.41, 5.74) is 8.94. The number of hydrogen-bond donors (Lipinski definition) is 1. The molecule has 2 aliphatic rings. The third-order valence-electron chi connectivity index (χ3n) is 7.92. The third kappa shape index (κ3) is 4.17. The van der Waals surface area contributed by atoms with E-state index >= 15 is 0 Å². The Morgan fingerprint density at radius 1 is 0.675 bits per heavy atom. The number of aliphatic hydroxyl groups excluding tert-OH is 1. The summed E-state index contributed by atoms with van der Waals surface area (Å²) in [7, 11) is 0. The minimum absolute atomic E-state index is 0.0179. The van der Waals surface area contributed by atoms with E-state index < -0.39 is 5.41 Å². The first-order valence-corrected chi connectivity index (χ1v) is 13.8. The van der Waals surface area contributed by atoms with Crippen molar-refractivity contribution in [3.63, 3.8) is 0 Å². The van der Waals surface area contributed by atoms with Crippen LogP contribution in [0.2, 0.25) is 0 Å². The molecule has 0 spiro atoms. The Kier molecular flexibility index (Phi) is 6.35. The smallest absolute Gasteiger partial charge is 0.127 e. The molecule has 1 heterocycles. The zero-order valence-corrected chi connectivity index (χ0v) is 22.1. The van der Waals surface area contributed by atoms with Crippen molar-refractivity contribution in [1.82, 2.24) is 0 Å². The molecule has 4 nitrogen and oxygen atoms in total. The zero-order chi connectivity index (χ0) is 26.9. The summed E-state index contributed by atoms with van der Waals surface area (Å²) in [5.74, 6) is 1.59. The van der Waals surface area contributed by atoms with Crippen molar-refractivity contribution >= 4 is 0 Å². The van der Waals surface area contributed by atoms with Crippen molar-refractivity contribution in [3.8, 4) is 33.8 Å². The molecule has 5 aromatic carbocycles. The molecule has 1 fully saturated rings. The van der Waals surface area contributed by atoms with E-state index in [1.807, 2.05) is 18.2 Å². The van der Waals surface area contributed by atoms with E-state index in [2.05, 4.69) is 103 Å². The van der Waals surface area contributed by atoms with Gasteiger partial charge in [-0.1, -0.05) is 97.1 Å². The third-order valence-corrected chi connectivity index (χ3v) is 7.92. The lowest BCUT2D eigenvalue weighted by Crippen LogP contribution is -2.28. The average molecular weight is 527 g/mol. The van der Waals surface area contributed by atoms with Crippen LogP contribution in [0.15, 0.2) is 121 Å². The largest absolute Gasteiger partial charge is 0.491 e. The van der Waals surface area contributed by atoms with Gasteiger partial charge in [-0.3, -0.25) is 0 Å². The first-order valence-electron chi connectivity index (χ1n) is 13.8. The van der Waals surface area contributed by atoms with E-state index in [-0.39, 0.29) is 19.3 Å². The molecule has 0 amide bonds. The second-order valence-electron chi connectivity index (χ2n) is 10.3. The van der Waals surface area contributed by atoms with Crippen molar-refractivity contribution < 1.29 is 19.3 Å². The van der Waals surface area contributed by atoms with Crippen LogP contribution in [0.4, 0.5) is 0 Å². The number of rotatable bonds is 9. The Hall–Kier alpha value is -4.38. The standard InChI is InChI=1S/C36H30O4/c37-20-21-38-28-17-14-26(15-18-28)36(33-12-6-4-10-30(33)31-11-5-7-13-34(31)36)27-16-19-35(40-24-29-23-39-29)32(22-27)25-8-2-1-3-9-25/h1-19,22,29,37H,20-21,23-24H2. The highest BCUT2D eigenvalue weighted by molar-refractivity contribution is 5.87. The van der Waals surface area contributed by atoms with Crippen LogP contribution in [0.1, 0.15) is 22.3 Å². The van der Waals surface area contributed by atoms with Crippen molar-refractivity contribution in [3.05, 3.63) is 144 Å². The van der Waals surface area contributed by atoms with Crippen LogP contribution in [-0.4, -0.2) is 37.6 Å². The Labute approximate surface area is 234 Å². The van der Waals surface area contributed by atoms with Gasteiger partial charge >= 0.3 is 0 Å². The number of fused-ring (bicyclic) bond motifs is 3. The first-order chi connectivity index (χ1) is 19.8. The van der Waals surface area contributed by atoms with E-state index in [1.165, 1.54) is 27.8 Å². The summed E-state index contributed by atoms with van der Waals surface area (Å²) in [6.45, 7) is 1.55. The molecule has 7 rings (SSSR count).